The Morgan fingerprint density at radius 1 is 1.13 bits per heavy atom. The molecule has 1 fully saturated rings. The molecule has 0 radical (unpaired) electrons. The van der Waals surface area contributed by atoms with Crippen LogP contribution in [0.25, 0.3) is 0 Å². The fourth-order valence-electron chi connectivity index (χ4n) is 4.42. The van der Waals surface area contributed by atoms with E-state index < -0.39 is 0 Å². The number of nitro benzene ring substituents is 1. The van der Waals surface area contributed by atoms with Crippen molar-refractivity contribution in [3.8, 4) is 0 Å². The lowest BCUT2D eigenvalue weighted by Crippen LogP contribution is -2.48. The molecule has 1 aliphatic carbocycles. The van der Waals surface area contributed by atoms with Gasteiger partial charge in [0.15, 0.2) is 0 Å². The van der Waals surface area contributed by atoms with E-state index in [0.717, 1.165) is 37.1 Å². The summed E-state index contributed by atoms with van der Waals surface area (Å²) in [6, 6.07) is 12.4. The highest BCUT2D eigenvalue weighted by atomic mass is 35.5. The summed E-state index contributed by atoms with van der Waals surface area (Å²) in [6.07, 6.45) is 4.29. The van der Waals surface area contributed by atoms with Crippen LogP contribution in [-0.4, -0.2) is 46.8 Å². The minimum Gasteiger partial charge on any atom is -0.337 e. The number of hydrogen-bond acceptors (Lipinski definition) is 4. The summed E-state index contributed by atoms with van der Waals surface area (Å²) < 4.78 is 0. The van der Waals surface area contributed by atoms with Crippen molar-refractivity contribution in [3.05, 3.63) is 73.8 Å². The second-order valence-electron chi connectivity index (χ2n) is 7.98. The van der Waals surface area contributed by atoms with E-state index in [9.17, 15) is 14.9 Å². The number of nitro groups is 1. The lowest BCUT2D eigenvalue weighted by Gasteiger charge is -2.43. The average Bonchev–Trinajstić information content (AvgIpc) is 3.29. The van der Waals surface area contributed by atoms with Gasteiger partial charge < -0.3 is 4.90 Å². The highest BCUT2D eigenvalue weighted by Crippen LogP contribution is 2.39. The van der Waals surface area contributed by atoms with Crippen molar-refractivity contribution in [1.82, 2.24) is 9.80 Å². The predicted molar refractivity (Wildman–Crippen MR) is 124 cm³/mol. The molecule has 0 bridgehead atoms. The molecular formula is C23H27Cl2N3O3. The van der Waals surface area contributed by atoms with Crippen LogP contribution in [-0.2, 0) is 11.2 Å². The van der Waals surface area contributed by atoms with Gasteiger partial charge in [0.05, 0.1) is 21.0 Å². The Bertz CT molecular complexity index is 926. The molecule has 6 nitrogen and oxygen atoms in total. The SMILES string of the molecule is CC(=O)N(C)C1c2cc([N+](=O)[O-])ccc2CCC1N1CCCC1.Clc1ccccc1Cl. The third-order valence-electron chi connectivity index (χ3n) is 6.08. The van der Waals surface area contributed by atoms with Crippen LogP contribution in [0.5, 0.6) is 0 Å². The fraction of sp³-hybridized carbons (Fsp3) is 0.435. The molecule has 31 heavy (non-hydrogen) atoms. The normalized spacial score (nSPS) is 20.4. The first-order chi connectivity index (χ1) is 14.8. The number of rotatable bonds is 3. The number of amides is 1. The largest absolute Gasteiger partial charge is 0.337 e. The number of carbonyl (C=O) groups is 1. The molecule has 0 saturated carbocycles. The number of aryl methyl sites for hydroxylation is 1. The Morgan fingerprint density at radius 3 is 2.26 bits per heavy atom. The van der Waals surface area contributed by atoms with Crippen LogP contribution < -0.4 is 0 Å². The summed E-state index contributed by atoms with van der Waals surface area (Å²) in [5.41, 5.74) is 2.18. The third-order valence-corrected chi connectivity index (χ3v) is 6.84. The molecule has 2 unspecified atom stereocenters. The molecule has 0 spiro atoms. The molecule has 0 N–H and O–H groups in total. The van der Waals surface area contributed by atoms with Crippen molar-refractivity contribution in [3.63, 3.8) is 0 Å². The van der Waals surface area contributed by atoms with Crippen LogP contribution >= 0.6 is 23.2 Å². The minimum absolute atomic E-state index is 0.00134. The van der Waals surface area contributed by atoms with Gasteiger partial charge in [-0.2, -0.15) is 0 Å². The van der Waals surface area contributed by atoms with Crippen molar-refractivity contribution >= 4 is 34.8 Å². The Balaban J connectivity index is 0.000000287. The van der Waals surface area contributed by atoms with Crippen molar-refractivity contribution in [2.24, 2.45) is 0 Å². The van der Waals surface area contributed by atoms with Crippen molar-refractivity contribution in [2.75, 3.05) is 20.1 Å². The predicted octanol–water partition coefficient (Wildman–Crippen LogP) is 5.52. The van der Waals surface area contributed by atoms with Crippen LogP contribution in [0.2, 0.25) is 10.0 Å². The molecule has 0 aromatic heterocycles. The molecule has 2 aromatic carbocycles. The van der Waals surface area contributed by atoms with E-state index in [1.165, 1.54) is 12.8 Å². The smallest absolute Gasteiger partial charge is 0.269 e. The van der Waals surface area contributed by atoms with E-state index in [0.29, 0.717) is 10.0 Å². The summed E-state index contributed by atoms with van der Waals surface area (Å²) in [5.74, 6) is -0.00134. The quantitative estimate of drug-likeness (QED) is 0.443. The maximum Gasteiger partial charge on any atom is 0.269 e. The molecule has 1 amide bonds. The zero-order valence-corrected chi connectivity index (χ0v) is 19.3. The molecule has 2 aromatic rings. The third kappa shape index (κ3) is 5.56. The summed E-state index contributed by atoms with van der Waals surface area (Å²) in [6.45, 7) is 3.67. The van der Waals surface area contributed by atoms with Gasteiger partial charge in [-0.25, -0.2) is 0 Å². The van der Waals surface area contributed by atoms with Gasteiger partial charge in [0.25, 0.3) is 5.69 Å². The molecule has 8 heteroatoms. The van der Waals surface area contributed by atoms with Crippen molar-refractivity contribution in [1.29, 1.82) is 0 Å². The number of hydrogen-bond donors (Lipinski definition) is 0. The lowest BCUT2D eigenvalue weighted by molar-refractivity contribution is -0.385. The highest BCUT2D eigenvalue weighted by molar-refractivity contribution is 6.41. The second-order valence-corrected chi connectivity index (χ2v) is 8.79. The number of likely N-dealkylation sites (N-methyl/N-ethyl adjacent to an activating group) is 1. The maximum atomic E-state index is 12.0. The Hall–Kier alpha value is -2.15. The zero-order chi connectivity index (χ0) is 22.5. The molecule has 2 atom stereocenters. The molecule has 1 aliphatic heterocycles. The Morgan fingerprint density at radius 2 is 1.74 bits per heavy atom. The summed E-state index contributed by atoms with van der Waals surface area (Å²) >= 11 is 11.2. The number of halogens is 2. The number of likely N-dealkylation sites (tertiary alicyclic amines) is 1. The first-order valence-corrected chi connectivity index (χ1v) is 11.2. The van der Waals surface area contributed by atoms with Crippen LogP contribution in [0.4, 0.5) is 5.69 Å². The summed E-state index contributed by atoms with van der Waals surface area (Å²) in [5, 5.41) is 12.4. The van der Waals surface area contributed by atoms with Crippen LogP contribution in [0.1, 0.15) is 43.4 Å². The number of nitrogens with zero attached hydrogens (tertiary/aromatic N) is 3. The van der Waals surface area contributed by atoms with E-state index in [4.69, 9.17) is 23.2 Å². The molecule has 1 saturated heterocycles. The number of non-ortho nitro benzene ring substituents is 1. The Kier molecular flexibility index (Phi) is 7.92. The topological polar surface area (TPSA) is 66.7 Å². The van der Waals surface area contributed by atoms with Crippen LogP contribution in [0, 0.1) is 10.1 Å². The van der Waals surface area contributed by atoms with Crippen LogP contribution in [0.3, 0.4) is 0 Å². The van der Waals surface area contributed by atoms with E-state index in [2.05, 4.69) is 4.90 Å². The standard InChI is InChI=1S/C17H23N3O3.C6H4Cl2/c1-12(21)18(2)17-15-11-14(20(22)23)7-5-13(15)6-8-16(17)19-9-3-4-10-19;7-5-3-1-2-4-6(5)8/h5,7,11,16-17H,3-4,6,8-10H2,1-2H3;1-4H. The van der Waals surface area contributed by atoms with Gasteiger partial charge in [0.2, 0.25) is 5.91 Å². The van der Waals surface area contributed by atoms with Crippen molar-refractivity contribution < 1.29 is 9.72 Å². The van der Waals surface area contributed by atoms with Gasteiger partial charge in [-0.15, -0.1) is 0 Å². The molecule has 4 rings (SSSR count). The second kappa shape index (κ2) is 10.4. The first-order valence-electron chi connectivity index (χ1n) is 10.4. The van der Waals surface area contributed by atoms with E-state index in [1.54, 1.807) is 36.1 Å². The number of benzene rings is 2. The lowest BCUT2D eigenvalue weighted by atomic mass is 9.82. The summed E-state index contributed by atoms with van der Waals surface area (Å²) in [7, 11) is 1.81. The average molecular weight is 464 g/mol. The van der Waals surface area contributed by atoms with E-state index in [1.807, 2.05) is 25.2 Å². The Labute approximate surface area is 192 Å². The zero-order valence-electron chi connectivity index (χ0n) is 17.8. The maximum absolute atomic E-state index is 12.0. The van der Waals surface area contributed by atoms with Gasteiger partial charge in [0, 0.05) is 32.1 Å². The van der Waals surface area contributed by atoms with Gasteiger partial charge in [-0.1, -0.05) is 41.4 Å². The first kappa shape index (κ1) is 23.5. The highest BCUT2D eigenvalue weighted by Gasteiger charge is 2.38. The van der Waals surface area contributed by atoms with Crippen LogP contribution in [0.15, 0.2) is 42.5 Å². The molecule has 2 aliphatic rings. The van der Waals surface area contributed by atoms with Crippen molar-refractivity contribution in [2.45, 2.75) is 44.7 Å². The fourth-order valence-corrected chi connectivity index (χ4v) is 4.70. The molecule has 1 heterocycles. The van der Waals surface area contributed by atoms with E-state index >= 15 is 0 Å². The minimum atomic E-state index is -0.357. The molecule has 166 valence electrons. The van der Waals surface area contributed by atoms with Gasteiger partial charge in [-0.05, 0) is 62.0 Å². The molecular weight excluding hydrogens is 437 g/mol. The summed E-state index contributed by atoms with van der Waals surface area (Å²) in [4.78, 5) is 27.0. The van der Waals surface area contributed by atoms with Gasteiger partial charge in [0.1, 0.15) is 0 Å². The van der Waals surface area contributed by atoms with Gasteiger partial charge in [-0.3, -0.25) is 19.8 Å². The van der Waals surface area contributed by atoms with E-state index in [-0.39, 0.29) is 28.6 Å². The number of fused-ring (bicyclic) bond motifs is 1. The van der Waals surface area contributed by atoms with Gasteiger partial charge >= 0.3 is 0 Å². The monoisotopic (exact) mass is 463 g/mol. The number of carbonyl (C=O) groups excluding carboxylic acids is 1.